The molecule has 0 radical (unpaired) electrons. The Labute approximate surface area is 106 Å². The summed E-state index contributed by atoms with van der Waals surface area (Å²) in [6, 6.07) is 3.82. The van der Waals surface area contributed by atoms with Gasteiger partial charge >= 0.3 is 0 Å². The molecule has 0 bridgehead atoms. The molecule has 1 nitrogen and oxygen atoms in total. The van der Waals surface area contributed by atoms with E-state index in [1.807, 2.05) is 19.1 Å². The molecule has 1 aliphatic rings. The van der Waals surface area contributed by atoms with Crippen LogP contribution in [0.2, 0.25) is 0 Å². The van der Waals surface area contributed by atoms with Crippen molar-refractivity contribution in [2.45, 2.75) is 38.7 Å². The average molecular weight is 309 g/mol. The van der Waals surface area contributed by atoms with Crippen LogP contribution in [0.15, 0.2) is 16.6 Å². The van der Waals surface area contributed by atoms with E-state index in [1.165, 1.54) is 0 Å². The topological polar surface area (TPSA) is 9.23 Å². The normalized spacial score (nSPS) is 20.7. The highest BCUT2D eigenvalue weighted by molar-refractivity contribution is 9.10. The maximum absolute atomic E-state index is 12.9. The van der Waals surface area contributed by atoms with E-state index in [-0.39, 0.29) is 0 Å². The molecule has 94 valence electrons. The number of ether oxygens (including phenoxy) is 1. The number of fused-ring (bicyclic) bond motifs is 1. The average Bonchev–Trinajstić information content (AvgIpc) is 2.60. The second-order valence-corrected chi connectivity index (χ2v) is 5.06. The number of halogens is 4. The molecule has 17 heavy (non-hydrogen) atoms. The third kappa shape index (κ3) is 2.65. The van der Waals surface area contributed by atoms with Crippen molar-refractivity contribution in [3.63, 3.8) is 0 Å². The lowest BCUT2D eigenvalue weighted by atomic mass is 10.0. The molecule has 0 aliphatic heterocycles. The molecule has 1 aliphatic carbocycles. The zero-order valence-electron chi connectivity index (χ0n) is 9.22. The Morgan fingerprint density at radius 3 is 2.71 bits per heavy atom. The smallest absolute Gasteiger partial charge is 0.293 e. The molecule has 0 saturated heterocycles. The van der Waals surface area contributed by atoms with Crippen molar-refractivity contribution in [1.82, 2.24) is 0 Å². The van der Waals surface area contributed by atoms with Crippen LogP contribution < -0.4 is 0 Å². The molecule has 2 atom stereocenters. The summed E-state index contributed by atoms with van der Waals surface area (Å²) in [5.41, 5.74) is 2.85. The number of hydrogen-bond acceptors (Lipinski definition) is 1. The third-order valence-corrected chi connectivity index (χ3v) is 3.39. The van der Waals surface area contributed by atoms with Crippen LogP contribution in [0.1, 0.15) is 29.2 Å². The van der Waals surface area contributed by atoms with Gasteiger partial charge < -0.3 is 4.74 Å². The minimum Gasteiger partial charge on any atom is -0.336 e. The van der Waals surface area contributed by atoms with Crippen LogP contribution in [0.3, 0.4) is 0 Å². The van der Waals surface area contributed by atoms with Gasteiger partial charge in [0.05, 0.1) is 6.10 Å². The van der Waals surface area contributed by atoms with Crippen molar-refractivity contribution in [3.8, 4) is 0 Å². The second-order valence-electron chi connectivity index (χ2n) is 4.14. The Kier molecular flexibility index (Phi) is 3.78. The number of rotatable bonds is 3. The lowest BCUT2D eigenvalue weighted by Crippen LogP contribution is -2.19. The molecular formula is C12H12BrF3O. The van der Waals surface area contributed by atoms with Gasteiger partial charge in [0.15, 0.2) is 0 Å². The summed E-state index contributed by atoms with van der Waals surface area (Å²) < 4.78 is 42.9. The number of hydrogen-bond donors (Lipinski definition) is 0. The zero-order valence-corrected chi connectivity index (χ0v) is 10.8. The maximum Gasteiger partial charge on any atom is 0.293 e. The summed E-state index contributed by atoms with van der Waals surface area (Å²) in [5, 5.41) is 0. The van der Waals surface area contributed by atoms with E-state index in [9.17, 15) is 13.2 Å². The highest BCUT2D eigenvalue weighted by Crippen LogP contribution is 2.39. The Morgan fingerprint density at radius 1 is 1.35 bits per heavy atom. The first-order valence-corrected chi connectivity index (χ1v) is 6.15. The number of benzene rings is 1. The standard InChI is InChI=1S/C12H12BrF3O/c1-6-4-8(13)5-7-2-3-9(10(6)7)17-12(16)11(14)15/h4-5,9,11-12H,2-3H2,1H3. The maximum atomic E-state index is 12.9. The largest absolute Gasteiger partial charge is 0.336 e. The predicted octanol–water partition coefficient (Wildman–Crippen LogP) is 4.32. The third-order valence-electron chi connectivity index (χ3n) is 2.93. The van der Waals surface area contributed by atoms with Crippen LogP contribution in [0, 0.1) is 6.92 Å². The van der Waals surface area contributed by atoms with E-state index in [1.54, 1.807) is 0 Å². The molecule has 1 aromatic rings. The van der Waals surface area contributed by atoms with Gasteiger partial charge in [-0.25, -0.2) is 13.2 Å². The van der Waals surface area contributed by atoms with Crippen LogP contribution >= 0.6 is 15.9 Å². The second kappa shape index (κ2) is 4.98. The summed E-state index contributed by atoms with van der Waals surface area (Å²) in [4.78, 5) is 0. The van der Waals surface area contributed by atoms with E-state index in [2.05, 4.69) is 15.9 Å². The minimum atomic E-state index is -3.09. The van der Waals surface area contributed by atoms with Gasteiger partial charge in [-0.3, -0.25) is 0 Å². The van der Waals surface area contributed by atoms with E-state index < -0.39 is 18.9 Å². The van der Waals surface area contributed by atoms with Gasteiger partial charge in [-0.15, -0.1) is 0 Å². The first-order chi connectivity index (χ1) is 7.99. The fourth-order valence-electron chi connectivity index (χ4n) is 2.27. The molecule has 0 saturated carbocycles. The molecule has 0 N–H and O–H groups in total. The van der Waals surface area contributed by atoms with Gasteiger partial charge in [0.2, 0.25) is 0 Å². The first-order valence-electron chi connectivity index (χ1n) is 5.35. The van der Waals surface area contributed by atoms with Crippen LogP contribution in [0.4, 0.5) is 13.2 Å². The Bertz CT molecular complexity index is 422. The molecule has 0 aromatic heterocycles. The quantitative estimate of drug-likeness (QED) is 0.808. The molecule has 0 heterocycles. The van der Waals surface area contributed by atoms with E-state index in [0.29, 0.717) is 6.42 Å². The van der Waals surface area contributed by atoms with Crippen LogP contribution in [0.5, 0.6) is 0 Å². The lowest BCUT2D eigenvalue weighted by molar-refractivity contribution is -0.158. The van der Waals surface area contributed by atoms with Crippen LogP contribution in [-0.4, -0.2) is 12.8 Å². The summed E-state index contributed by atoms with van der Waals surface area (Å²) in [7, 11) is 0. The SMILES string of the molecule is Cc1cc(Br)cc2c1C(OC(F)C(F)F)CC2. The highest BCUT2D eigenvalue weighted by atomic mass is 79.9. The van der Waals surface area contributed by atoms with Gasteiger partial charge in [0, 0.05) is 4.47 Å². The summed E-state index contributed by atoms with van der Waals surface area (Å²) in [6.07, 6.45) is -4.86. The molecule has 0 fully saturated rings. The highest BCUT2D eigenvalue weighted by Gasteiger charge is 2.31. The molecule has 0 amide bonds. The number of alkyl halides is 3. The summed E-state index contributed by atoms with van der Waals surface area (Å²) in [5.74, 6) is 0. The van der Waals surface area contributed by atoms with Crippen molar-refractivity contribution in [2.24, 2.45) is 0 Å². The molecule has 0 spiro atoms. The Balaban J connectivity index is 2.22. The zero-order chi connectivity index (χ0) is 12.6. The fourth-order valence-corrected chi connectivity index (χ4v) is 2.89. The molecular weight excluding hydrogens is 297 g/mol. The van der Waals surface area contributed by atoms with Crippen molar-refractivity contribution < 1.29 is 17.9 Å². The van der Waals surface area contributed by atoms with Crippen molar-refractivity contribution >= 4 is 15.9 Å². The van der Waals surface area contributed by atoms with Gasteiger partial charge in [-0.1, -0.05) is 15.9 Å². The van der Waals surface area contributed by atoms with Gasteiger partial charge in [-0.2, -0.15) is 0 Å². The summed E-state index contributed by atoms with van der Waals surface area (Å²) in [6.45, 7) is 1.88. The van der Waals surface area contributed by atoms with Crippen LogP contribution in [-0.2, 0) is 11.2 Å². The van der Waals surface area contributed by atoms with Crippen LogP contribution in [0.25, 0.3) is 0 Å². The van der Waals surface area contributed by atoms with E-state index in [4.69, 9.17) is 4.74 Å². The predicted molar refractivity (Wildman–Crippen MR) is 61.9 cm³/mol. The monoisotopic (exact) mass is 308 g/mol. The Hall–Kier alpha value is -0.550. The van der Waals surface area contributed by atoms with Gasteiger partial charge in [-0.05, 0) is 48.6 Å². The molecule has 1 aromatic carbocycles. The Morgan fingerprint density at radius 2 is 2.06 bits per heavy atom. The lowest BCUT2D eigenvalue weighted by Gasteiger charge is -2.18. The van der Waals surface area contributed by atoms with Gasteiger partial charge in [0.1, 0.15) is 0 Å². The van der Waals surface area contributed by atoms with Crippen molar-refractivity contribution in [2.75, 3.05) is 0 Å². The van der Waals surface area contributed by atoms with Gasteiger partial charge in [0.25, 0.3) is 12.8 Å². The molecule has 2 rings (SSSR count). The van der Waals surface area contributed by atoms with E-state index in [0.717, 1.165) is 27.6 Å². The fraction of sp³-hybridized carbons (Fsp3) is 0.500. The van der Waals surface area contributed by atoms with Crippen molar-refractivity contribution in [1.29, 1.82) is 0 Å². The molecule has 5 heteroatoms. The minimum absolute atomic E-state index is 0.554. The number of aryl methyl sites for hydroxylation is 2. The molecule has 2 unspecified atom stereocenters. The van der Waals surface area contributed by atoms with Crippen molar-refractivity contribution in [3.05, 3.63) is 33.3 Å². The van der Waals surface area contributed by atoms with E-state index >= 15 is 0 Å². The first kappa shape index (κ1) is 12.9. The summed E-state index contributed by atoms with van der Waals surface area (Å²) >= 11 is 3.37.